The van der Waals surface area contributed by atoms with Gasteiger partial charge in [-0.05, 0) is 29.3 Å². The Hall–Kier alpha value is -3.48. The second-order valence-corrected chi connectivity index (χ2v) is 7.47. The summed E-state index contributed by atoms with van der Waals surface area (Å²) >= 11 is 0. The molecule has 1 aliphatic rings. The van der Waals surface area contributed by atoms with Crippen LogP contribution in [0.4, 0.5) is 5.95 Å². The molecule has 7 heteroatoms. The Balaban J connectivity index is 1.32. The first kappa shape index (κ1) is 19.8. The van der Waals surface area contributed by atoms with E-state index in [1.807, 2.05) is 42.5 Å². The van der Waals surface area contributed by atoms with Crippen LogP contribution in [-0.2, 0) is 16.0 Å². The highest BCUT2D eigenvalue weighted by molar-refractivity contribution is 5.92. The van der Waals surface area contributed by atoms with E-state index in [4.69, 9.17) is 0 Å². The molecular formula is C23H25N5O2. The Labute approximate surface area is 175 Å². The number of nitrogens with zero attached hydrogens (tertiary/aromatic N) is 4. The molecule has 0 spiro atoms. The molecule has 30 heavy (non-hydrogen) atoms. The minimum Gasteiger partial charge on any atom is -0.344 e. The number of nitrogens with one attached hydrogen (secondary N) is 1. The van der Waals surface area contributed by atoms with Crippen molar-refractivity contribution in [2.75, 3.05) is 31.1 Å². The fourth-order valence-corrected chi connectivity index (χ4v) is 3.83. The number of aromatic nitrogens is 2. The van der Waals surface area contributed by atoms with Gasteiger partial charge in [-0.2, -0.15) is 0 Å². The number of piperazine rings is 1. The normalized spacial score (nSPS) is 15.1. The maximum Gasteiger partial charge on any atom is 0.244 e. The zero-order valence-electron chi connectivity index (χ0n) is 17.0. The summed E-state index contributed by atoms with van der Waals surface area (Å²) in [5, 5.41) is 5.03. The fourth-order valence-electron chi connectivity index (χ4n) is 3.83. The van der Waals surface area contributed by atoms with Crippen molar-refractivity contribution in [2.24, 2.45) is 0 Å². The third-order valence-electron chi connectivity index (χ3n) is 5.41. The monoisotopic (exact) mass is 403 g/mol. The van der Waals surface area contributed by atoms with Crippen LogP contribution in [0.15, 0.2) is 60.9 Å². The van der Waals surface area contributed by atoms with Crippen molar-refractivity contribution < 1.29 is 9.59 Å². The molecule has 1 aromatic heterocycles. The SMILES string of the molecule is C[C@H](NC(=O)Cc1cccc2ccccc12)C(=O)N1CCN(c2ncccn2)CC1. The van der Waals surface area contributed by atoms with E-state index < -0.39 is 6.04 Å². The Morgan fingerprint density at radius 1 is 0.967 bits per heavy atom. The van der Waals surface area contributed by atoms with Crippen LogP contribution in [0.3, 0.4) is 0 Å². The molecule has 1 N–H and O–H groups in total. The van der Waals surface area contributed by atoms with Gasteiger partial charge in [0.15, 0.2) is 0 Å². The lowest BCUT2D eigenvalue weighted by Gasteiger charge is -2.35. The molecular weight excluding hydrogens is 378 g/mol. The van der Waals surface area contributed by atoms with Crippen LogP contribution in [-0.4, -0.2) is 58.9 Å². The van der Waals surface area contributed by atoms with E-state index in [0.717, 1.165) is 16.3 Å². The molecule has 154 valence electrons. The number of hydrogen-bond donors (Lipinski definition) is 1. The van der Waals surface area contributed by atoms with Crippen LogP contribution < -0.4 is 10.2 Å². The first-order chi connectivity index (χ1) is 14.6. The summed E-state index contributed by atoms with van der Waals surface area (Å²) in [4.78, 5) is 37.8. The number of amides is 2. The van der Waals surface area contributed by atoms with Gasteiger partial charge < -0.3 is 15.1 Å². The molecule has 2 amide bonds. The molecule has 4 rings (SSSR count). The van der Waals surface area contributed by atoms with Gasteiger partial charge in [0, 0.05) is 38.6 Å². The highest BCUT2D eigenvalue weighted by atomic mass is 16.2. The van der Waals surface area contributed by atoms with Crippen molar-refractivity contribution >= 4 is 28.5 Å². The Morgan fingerprint density at radius 2 is 1.67 bits per heavy atom. The summed E-state index contributed by atoms with van der Waals surface area (Å²) in [5.41, 5.74) is 0.960. The van der Waals surface area contributed by atoms with Crippen molar-refractivity contribution in [3.63, 3.8) is 0 Å². The van der Waals surface area contributed by atoms with Crippen LogP contribution in [0.2, 0.25) is 0 Å². The topological polar surface area (TPSA) is 78.4 Å². The molecule has 1 atom stereocenters. The van der Waals surface area contributed by atoms with Crippen molar-refractivity contribution in [3.8, 4) is 0 Å². The second kappa shape index (κ2) is 8.90. The molecule has 0 bridgehead atoms. The van der Waals surface area contributed by atoms with E-state index in [-0.39, 0.29) is 18.2 Å². The average molecular weight is 403 g/mol. The molecule has 0 aliphatic carbocycles. The zero-order chi connectivity index (χ0) is 20.9. The van der Waals surface area contributed by atoms with Crippen LogP contribution in [0.1, 0.15) is 12.5 Å². The highest BCUT2D eigenvalue weighted by Crippen LogP contribution is 2.19. The van der Waals surface area contributed by atoms with E-state index in [9.17, 15) is 9.59 Å². The molecule has 7 nitrogen and oxygen atoms in total. The predicted molar refractivity (Wildman–Crippen MR) is 116 cm³/mol. The van der Waals surface area contributed by atoms with Crippen LogP contribution >= 0.6 is 0 Å². The minimum absolute atomic E-state index is 0.0603. The van der Waals surface area contributed by atoms with Gasteiger partial charge in [0.05, 0.1) is 6.42 Å². The molecule has 2 heterocycles. The zero-order valence-corrected chi connectivity index (χ0v) is 17.0. The van der Waals surface area contributed by atoms with Crippen molar-refractivity contribution in [1.82, 2.24) is 20.2 Å². The van der Waals surface area contributed by atoms with Gasteiger partial charge in [0.1, 0.15) is 6.04 Å². The first-order valence-electron chi connectivity index (χ1n) is 10.2. The number of rotatable bonds is 5. The summed E-state index contributed by atoms with van der Waals surface area (Å²) < 4.78 is 0. The third kappa shape index (κ3) is 4.40. The Morgan fingerprint density at radius 3 is 2.43 bits per heavy atom. The fraction of sp³-hybridized carbons (Fsp3) is 0.304. The van der Waals surface area contributed by atoms with Crippen LogP contribution in [0, 0.1) is 0 Å². The average Bonchev–Trinajstić information content (AvgIpc) is 2.79. The molecule has 0 radical (unpaired) electrons. The van der Waals surface area contributed by atoms with Gasteiger partial charge in [0.25, 0.3) is 0 Å². The van der Waals surface area contributed by atoms with Crippen LogP contribution in [0.25, 0.3) is 10.8 Å². The van der Waals surface area contributed by atoms with Gasteiger partial charge in [0.2, 0.25) is 17.8 Å². The van der Waals surface area contributed by atoms with E-state index in [1.165, 1.54) is 0 Å². The van der Waals surface area contributed by atoms with E-state index in [0.29, 0.717) is 32.1 Å². The van der Waals surface area contributed by atoms with Crippen LogP contribution in [0.5, 0.6) is 0 Å². The largest absolute Gasteiger partial charge is 0.344 e. The molecule has 2 aromatic carbocycles. The molecule has 0 saturated carbocycles. The quantitative estimate of drug-likeness (QED) is 0.705. The summed E-state index contributed by atoms with van der Waals surface area (Å²) in [7, 11) is 0. The lowest BCUT2D eigenvalue weighted by molar-refractivity contribution is -0.136. The second-order valence-electron chi connectivity index (χ2n) is 7.47. The first-order valence-corrected chi connectivity index (χ1v) is 10.2. The van der Waals surface area contributed by atoms with Crippen molar-refractivity contribution in [3.05, 3.63) is 66.5 Å². The minimum atomic E-state index is -0.563. The highest BCUT2D eigenvalue weighted by Gasteiger charge is 2.26. The number of fused-ring (bicyclic) bond motifs is 1. The Bertz CT molecular complexity index is 1030. The Kier molecular flexibility index (Phi) is 5.88. The van der Waals surface area contributed by atoms with Crippen molar-refractivity contribution in [1.29, 1.82) is 0 Å². The maximum atomic E-state index is 12.8. The summed E-state index contributed by atoms with van der Waals surface area (Å²) in [6.45, 7) is 4.26. The number of carbonyl (C=O) groups is 2. The molecule has 1 aliphatic heterocycles. The van der Waals surface area contributed by atoms with E-state index >= 15 is 0 Å². The van der Waals surface area contributed by atoms with Gasteiger partial charge >= 0.3 is 0 Å². The molecule has 3 aromatic rings. The molecule has 1 fully saturated rings. The van der Waals surface area contributed by atoms with Gasteiger partial charge in [-0.25, -0.2) is 9.97 Å². The molecule has 0 unspecified atom stereocenters. The van der Waals surface area contributed by atoms with Gasteiger partial charge in [-0.15, -0.1) is 0 Å². The summed E-state index contributed by atoms with van der Waals surface area (Å²) in [6.07, 6.45) is 3.68. The van der Waals surface area contributed by atoms with Gasteiger partial charge in [-0.1, -0.05) is 42.5 Å². The van der Waals surface area contributed by atoms with Crippen molar-refractivity contribution in [2.45, 2.75) is 19.4 Å². The number of carbonyl (C=O) groups excluding carboxylic acids is 2. The van der Waals surface area contributed by atoms with Gasteiger partial charge in [-0.3, -0.25) is 9.59 Å². The lowest BCUT2D eigenvalue weighted by Crippen LogP contribution is -2.54. The lowest BCUT2D eigenvalue weighted by atomic mass is 10.0. The van der Waals surface area contributed by atoms with E-state index in [2.05, 4.69) is 20.2 Å². The summed E-state index contributed by atoms with van der Waals surface area (Å²) in [5.74, 6) is 0.472. The number of hydrogen-bond acceptors (Lipinski definition) is 5. The van der Waals surface area contributed by atoms with E-state index in [1.54, 1.807) is 30.3 Å². The maximum absolute atomic E-state index is 12.8. The third-order valence-corrected chi connectivity index (χ3v) is 5.41. The standard InChI is InChI=1S/C23H25N5O2/c1-17(22(30)27-12-14-28(15-13-27)23-24-10-5-11-25-23)26-21(29)16-19-8-4-7-18-6-2-3-9-20(18)19/h2-11,17H,12-16H2,1H3,(H,26,29)/t17-/m0/s1. The smallest absolute Gasteiger partial charge is 0.244 e. The summed E-state index contributed by atoms with van der Waals surface area (Å²) in [6, 6.07) is 15.2. The molecule has 1 saturated heterocycles. The predicted octanol–water partition coefficient (Wildman–Crippen LogP) is 2.03. The number of benzene rings is 2. The number of anilines is 1.